The first-order valence-corrected chi connectivity index (χ1v) is 6.41. The summed E-state index contributed by atoms with van der Waals surface area (Å²) in [7, 11) is 0. The van der Waals surface area contributed by atoms with Crippen LogP contribution in [0.2, 0.25) is 0 Å². The minimum absolute atomic E-state index is 0.0734. The van der Waals surface area contributed by atoms with Crippen molar-refractivity contribution in [1.82, 2.24) is 10.2 Å². The highest BCUT2D eigenvalue weighted by Crippen LogP contribution is 2.32. The second kappa shape index (κ2) is 6.05. The van der Waals surface area contributed by atoms with Crippen molar-refractivity contribution in [1.29, 1.82) is 0 Å². The van der Waals surface area contributed by atoms with E-state index in [-0.39, 0.29) is 18.1 Å². The van der Waals surface area contributed by atoms with Gasteiger partial charge >= 0.3 is 6.18 Å². The van der Waals surface area contributed by atoms with Gasteiger partial charge in [-0.25, -0.2) is 0 Å². The van der Waals surface area contributed by atoms with E-state index in [1.54, 1.807) is 4.90 Å². The van der Waals surface area contributed by atoms with Gasteiger partial charge in [0.2, 0.25) is 0 Å². The largest absolute Gasteiger partial charge is 0.401 e. The zero-order valence-electron chi connectivity index (χ0n) is 10.8. The predicted octanol–water partition coefficient (Wildman–Crippen LogP) is 2.79. The molecule has 0 aromatic carbocycles. The minimum atomic E-state index is -4.10. The maximum atomic E-state index is 12.5. The van der Waals surface area contributed by atoms with Gasteiger partial charge in [0, 0.05) is 18.1 Å². The summed E-state index contributed by atoms with van der Waals surface area (Å²) in [6.45, 7) is 5.98. The Labute approximate surface area is 102 Å². The molecule has 2 nitrogen and oxygen atoms in total. The molecule has 0 bridgehead atoms. The van der Waals surface area contributed by atoms with Crippen LogP contribution in [-0.4, -0.2) is 42.3 Å². The number of nitrogens with zero attached hydrogens (tertiary/aromatic N) is 1. The fourth-order valence-corrected chi connectivity index (χ4v) is 2.05. The molecule has 1 N–H and O–H groups in total. The molecular weight excluding hydrogens is 229 g/mol. The summed E-state index contributed by atoms with van der Waals surface area (Å²) in [6.07, 6.45) is -1.29. The van der Waals surface area contributed by atoms with E-state index < -0.39 is 12.7 Å². The van der Waals surface area contributed by atoms with Gasteiger partial charge < -0.3 is 5.32 Å². The first-order valence-electron chi connectivity index (χ1n) is 6.41. The maximum Gasteiger partial charge on any atom is 0.401 e. The fraction of sp³-hybridized carbons (Fsp3) is 1.00. The lowest BCUT2D eigenvalue weighted by Crippen LogP contribution is -2.51. The van der Waals surface area contributed by atoms with Crippen LogP contribution in [0.4, 0.5) is 13.2 Å². The van der Waals surface area contributed by atoms with Gasteiger partial charge in [0.15, 0.2) is 0 Å². The quantitative estimate of drug-likeness (QED) is 0.749. The van der Waals surface area contributed by atoms with Crippen molar-refractivity contribution in [3.05, 3.63) is 0 Å². The topological polar surface area (TPSA) is 15.3 Å². The van der Waals surface area contributed by atoms with Crippen molar-refractivity contribution in [3.8, 4) is 0 Å². The number of rotatable bonds is 7. The van der Waals surface area contributed by atoms with Crippen molar-refractivity contribution in [2.45, 2.75) is 64.3 Å². The molecule has 1 fully saturated rings. The van der Waals surface area contributed by atoms with Gasteiger partial charge in [0.25, 0.3) is 0 Å². The maximum absolute atomic E-state index is 12.5. The molecule has 0 aromatic rings. The summed E-state index contributed by atoms with van der Waals surface area (Å²) in [5.74, 6) is 0. The van der Waals surface area contributed by atoms with Gasteiger partial charge in [0.05, 0.1) is 6.54 Å². The first kappa shape index (κ1) is 14.8. The lowest BCUT2D eigenvalue weighted by molar-refractivity contribution is -0.152. The summed E-state index contributed by atoms with van der Waals surface area (Å²) in [6, 6.07) is 0.158. The van der Waals surface area contributed by atoms with Crippen LogP contribution < -0.4 is 5.32 Å². The Bertz CT molecular complexity index is 226. The summed E-state index contributed by atoms with van der Waals surface area (Å²) in [4.78, 5) is 1.60. The monoisotopic (exact) mass is 252 g/mol. The van der Waals surface area contributed by atoms with Crippen molar-refractivity contribution in [3.63, 3.8) is 0 Å². The second-order valence-corrected chi connectivity index (χ2v) is 5.00. The van der Waals surface area contributed by atoms with Crippen LogP contribution in [0.3, 0.4) is 0 Å². The first-order chi connectivity index (χ1) is 7.85. The molecule has 0 radical (unpaired) electrons. The lowest BCUT2D eigenvalue weighted by Gasteiger charge is -2.34. The average molecular weight is 252 g/mol. The van der Waals surface area contributed by atoms with Crippen molar-refractivity contribution >= 4 is 0 Å². The van der Waals surface area contributed by atoms with Gasteiger partial charge in [-0.1, -0.05) is 6.92 Å². The van der Waals surface area contributed by atoms with Crippen LogP contribution in [0.25, 0.3) is 0 Å². The number of halogens is 3. The molecule has 0 saturated heterocycles. The van der Waals surface area contributed by atoms with E-state index in [0.29, 0.717) is 0 Å². The zero-order chi connectivity index (χ0) is 13.1. The molecule has 1 rings (SSSR count). The zero-order valence-corrected chi connectivity index (χ0v) is 10.8. The number of hydrogen-bond donors (Lipinski definition) is 1. The lowest BCUT2D eigenvalue weighted by atomic mass is 10.1. The molecule has 17 heavy (non-hydrogen) atoms. The summed E-state index contributed by atoms with van der Waals surface area (Å²) < 4.78 is 37.5. The Hall–Kier alpha value is -0.290. The highest BCUT2D eigenvalue weighted by atomic mass is 19.4. The molecule has 0 amide bonds. The average Bonchev–Trinajstić information content (AvgIpc) is 3.04. The minimum Gasteiger partial charge on any atom is -0.313 e. The number of nitrogens with one attached hydrogen (secondary N) is 1. The number of hydrogen-bond acceptors (Lipinski definition) is 2. The molecule has 0 heterocycles. The molecule has 0 aliphatic heterocycles. The van der Waals surface area contributed by atoms with Crippen molar-refractivity contribution in [2.24, 2.45) is 0 Å². The van der Waals surface area contributed by atoms with E-state index in [0.717, 1.165) is 25.8 Å². The van der Waals surface area contributed by atoms with E-state index >= 15 is 0 Å². The normalized spacial score (nSPS) is 20.6. The Kier molecular flexibility index (Phi) is 5.25. The smallest absolute Gasteiger partial charge is 0.313 e. The summed E-state index contributed by atoms with van der Waals surface area (Å²) in [5, 5.41) is 3.27. The van der Waals surface area contributed by atoms with Crippen molar-refractivity contribution in [2.75, 3.05) is 13.1 Å². The molecule has 5 heteroatoms. The Balaban J connectivity index is 2.51. The molecule has 2 atom stereocenters. The molecule has 102 valence electrons. The van der Waals surface area contributed by atoms with E-state index in [1.807, 2.05) is 13.8 Å². The van der Waals surface area contributed by atoms with Crippen LogP contribution in [0, 0.1) is 0 Å². The summed E-state index contributed by atoms with van der Waals surface area (Å²) in [5.41, 5.74) is 0. The van der Waals surface area contributed by atoms with Crippen molar-refractivity contribution < 1.29 is 13.2 Å². The van der Waals surface area contributed by atoms with E-state index in [1.165, 1.54) is 0 Å². The van der Waals surface area contributed by atoms with Gasteiger partial charge in [-0.2, -0.15) is 13.2 Å². The third-order valence-corrected chi connectivity index (χ3v) is 3.34. The molecule has 2 unspecified atom stereocenters. The third-order valence-electron chi connectivity index (χ3n) is 3.34. The second-order valence-electron chi connectivity index (χ2n) is 5.00. The van der Waals surface area contributed by atoms with E-state index in [4.69, 9.17) is 0 Å². The third kappa shape index (κ3) is 5.25. The van der Waals surface area contributed by atoms with Crippen LogP contribution in [0.5, 0.6) is 0 Å². The predicted molar refractivity (Wildman–Crippen MR) is 63.0 cm³/mol. The Morgan fingerprint density at radius 3 is 2.29 bits per heavy atom. The standard InChI is InChI=1S/C12H23F3N2/c1-4-7-16-9(2)10(3)17(11-5-6-11)8-12(13,14)15/h9-11,16H,4-8H2,1-3H3. The molecular formula is C12H23F3N2. The molecule has 1 saturated carbocycles. The van der Waals surface area contributed by atoms with Crippen LogP contribution in [-0.2, 0) is 0 Å². The van der Waals surface area contributed by atoms with Crippen LogP contribution in [0.15, 0.2) is 0 Å². The number of alkyl halides is 3. The summed E-state index contributed by atoms with van der Waals surface area (Å²) >= 11 is 0. The Morgan fingerprint density at radius 2 is 1.88 bits per heavy atom. The van der Waals surface area contributed by atoms with Gasteiger partial charge in [-0.3, -0.25) is 4.90 Å². The van der Waals surface area contributed by atoms with E-state index in [9.17, 15) is 13.2 Å². The van der Waals surface area contributed by atoms with Crippen LogP contribution >= 0.6 is 0 Å². The highest BCUT2D eigenvalue weighted by Gasteiger charge is 2.41. The van der Waals surface area contributed by atoms with Gasteiger partial charge in [-0.05, 0) is 39.7 Å². The van der Waals surface area contributed by atoms with E-state index in [2.05, 4.69) is 12.2 Å². The highest BCUT2D eigenvalue weighted by molar-refractivity contribution is 4.91. The SMILES string of the molecule is CCCNC(C)C(C)N(CC(F)(F)F)C1CC1. The Morgan fingerprint density at radius 1 is 1.29 bits per heavy atom. The fourth-order valence-electron chi connectivity index (χ4n) is 2.05. The molecule has 0 aromatic heterocycles. The van der Waals surface area contributed by atoms with Gasteiger partial charge in [0.1, 0.15) is 0 Å². The van der Waals surface area contributed by atoms with Gasteiger partial charge in [-0.15, -0.1) is 0 Å². The molecule has 0 spiro atoms. The van der Waals surface area contributed by atoms with Crippen LogP contribution in [0.1, 0.15) is 40.0 Å². The molecule has 1 aliphatic rings. The molecule has 1 aliphatic carbocycles.